The molecule has 0 aliphatic rings. The molecule has 3 rings (SSSR count). The molecule has 31 heavy (non-hydrogen) atoms. The van der Waals surface area contributed by atoms with E-state index in [1.54, 1.807) is 0 Å². The fourth-order valence-corrected chi connectivity index (χ4v) is 4.08. The second-order valence-electron chi connectivity index (χ2n) is 8.99. The zero-order chi connectivity index (χ0) is 22.1. The van der Waals surface area contributed by atoms with Crippen molar-refractivity contribution in [2.75, 3.05) is 13.6 Å². The highest BCUT2D eigenvalue weighted by molar-refractivity contribution is 5.78. The van der Waals surface area contributed by atoms with Gasteiger partial charge in [0.1, 0.15) is 0 Å². The quantitative estimate of drug-likeness (QED) is 0.382. The summed E-state index contributed by atoms with van der Waals surface area (Å²) in [5.41, 5.74) is 5.10. The number of carbonyl (C=O) groups excluding carboxylic acids is 1. The largest absolute Gasteiger partial charge is 0.345 e. The Morgan fingerprint density at radius 1 is 0.774 bits per heavy atom. The molecule has 0 aromatic heterocycles. The molecule has 0 saturated carbocycles. The van der Waals surface area contributed by atoms with E-state index in [0.717, 1.165) is 24.9 Å². The SMILES string of the molecule is CC(C)CC(Cc1ccc(CC(=O)N(C)CCc2ccccc2)cc1)c1ccccc1. The Labute approximate surface area is 187 Å². The van der Waals surface area contributed by atoms with E-state index in [9.17, 15) is 4.79 Å². The first-order valence-corrected chi connectivity index (χ1v) is 11.4. The Balaban J connectivity index is 1.55. The summed E-state index contributed by atoms with van der Waals surface area (Å²) in [6.07, 6.45) is 3.56. The molecular formula is C29H35NO. The zero-order valence-electron chi connectivity index (χ0n) is 19.1. The second-order valence-corrected chi connectivity index (χ2v) is 8.99. The number of rotatable bonds is 10. The van der Waals surface area contributed by atoms with Gasteiger partial charge in [-0.2, -0.15) is 0 Å². The lowest BCUT2D eigenvalue weighted by Crippen LogP contribution is -2.30. The van der Waals surface area contributed by atoms with E-state index in [1.807, 2.05) is 30.1 Å². The molecule has 3 aromatic carbocycles. The highest BCUT2D eigenvalue weighted by Crippen LogP contribution is 2.28. The fraction of sp³-hybridized carbons (Fsp3) is 0.345. The van der Waals surface area contributed by atoms with Crippen molar-refractivity contribution in [1.29, 1.82) is 0 Å². The summed E-state index contributed by atoms with van der Waals surface area (Å²) in [4.78, 5) is 14.5. The van der Waals surface area contributed by atoms with Crippen LogP contribution in [0.5, 0.6) is 0 Å². The molecule has 0 heterocycles. The van der Waals surface area contributed by atoms with Crippen molar-refractivity contribution in [2.45, 2.75) is 45.4 Å². The van der Waals surface area contributed by atoms with Crippen molar-refractivity contribution in [3.8, 4) is 0 Å². The van der Waals surface area contributed by atoms with Gasteiger partial charge in [0.2, 0.25) is 5.91 Å². The molecule has 0 saturated heterocycles. The van der Waals surface area contributed by atoms with Crippen molar-refractivity contribution in [3.05, 3.63) is 107 Å². The Kier molecular flexibility index (Phi) is 8.46. The topological polar surface area (TPSA) is 20.3 Å². The molecule has 0 N–H and O–H groups in total. The van der Waals surface area contributed by atoms with Gasteiger partial charge in [0.25, 0.3) is 0 Å². The van der Waals surface area contributed by atoms with Gasteiger partial charge in [-0.1, -0.05) is 98.8 Å². The van der Waals surface area contributed by atoms with Crippen LogP contribution in [0.2, 0.25) is 0 Å². The van der Waals surface area contributed by atoms with Gasteiger partial charge >= 0.3 is 0 Å². The van der Waals surface area contributed by atoms with Crippen LogP contribution in [-0.4, -0.2) is 24.4 Å². The minimum atomic E-state index is 0.172. The predicted molar refractivity (Wildman–Crippen MR) is 130 cm³/mol. The van der Waals surface area contributed by atoms with Crippen LogP contribution in [0.3, 0.4) is 0 Å². The number of hydrogen-bond acceptors (Lipinski definition) is 1. The standard InChI is InChI=1S/C29H35NO/c1-23(2)20-28(27-12-8-5-9-13-27)21-25-14-16-26(17-15-25)22-29(31)30(3)19-18-24-10-6-4-7-11-24/h4-17,23,28H,18-22H2,1-3H3. The smallest absolute Gasteiger partial charge is 0.226 e. The zero-order valence-corrected chi connectivity index (χ0v) is 19.1. The van der Waals surface area contributed by atoms with Gasteiger partial charge in [-0.15, -0.1) is 0 Å². The molecule has 2 nitrogen and oxygen atoms in total. The average molecular weight is 414 g/mol. The van der Waals surface area contributed by atoms with Crippen LogP contribution < -0.4 is 0 Å². The van der Waals surface area contributed by atoms with Crippen LogP contribution in [-0.2, 0) is 24.1 Å². The van der Waals surface area contributed by atoms with Gasteiger partial charge < -0.3 is 4.90 Å². The molecule has 0 aliphatic carbocycles. The van der Waals surface area contributed by atoms with Crippen LogP contribution in [0.4, 0.5) is 0 Å². The molecule has 0 spiro atoms. The van der Waals surface area contributed by atoms with Crippen molar-refractivity contribution in [2.24, 2.45) is 5.92 Å². The third-order valence-electron chi connectivity index (χ3n) is 5.89. The fourth-order valence-electron chi connectivity index (χ4n) is 4.08. The molecule has 1 amide bonds. The van der Waals surface area contributed by atoms with E-state index in [4.69, 9.17) is 0 Å². The van der Waals surface area contributed by atoms with E-state index in [2.05, 4.69) is 80.6 Å². The normalized spacial score (nSPS) is 12.0. The number of carbonyl (C=O) groups is 1. The minimum absolute atomic E-state index is 0.172. The van der Waals surface area contributed by atoms with E-state index in [1.165, 1.54) is 23.1 Å². The molecule has 162 valence electrons. The lowest BCUT2D eigenvalue weighted by Gasteiger charge is -2.20. The number of nitrogens with zero attached hydrogens (tertiary/aromatic N) is 1. The van der Waals surface area contributed by atoms with Crippen molar-refractivity contribution >= 4 is 5.91 Å². The van der Waals surface area contributed by atoms with Crippen molar-refractivity contribution < 1.29 is 4.79 Å². The summed E-state index contributed by atoms with van der Waals surface area (Å²) < 4.78 is 0. The van der Waals surface area contributed by atoms with E-state index in [0.29, 0.717) is 18.3 Å². The van der Waals surface area contributed by atoms with E-state index < -0.39 is 0 Å². The summed E-state index contributed by atoms with van der Waals surface area (Å²) in [6, 6.07) is 29.8. The predicted octanol–water partition coefficient (Wildman–Crippen LogP) is 6.30. The summed E-state index contributed by atoms with van der Waals surface area (Å²) >= 11 is 0. The number of likely N-dealkylation sites (N-methyl/N-ethyl adjacent to an activating group) is 1. The molecular weight excluding hydrogens is 378 g/mol. The lowest BCUT2D eigenvalue weighted by molar-refractivity contribution is -0.129. The summed E-state index contributed by atoms with van der Waals surface area (Å²) in [6.45, 7) is 5.33. The van der Waals surface area contributed by atoms with Crippen molar-refractivity contribution in [1.82, 2.24) is 4.90 Å². The molecule has 1 atom stereocenters. The van der Waals surface area contributed by atoms with Gasteiger partial charge in [0.05, 0.1) is 6.42 Å². The third kappa shape index (κ3) is 7.40. The maximum absolute atomic E-state index is 12.6. The lowest BCUT2D eigenvalue weighted by atomic mass is 9.85. The monoisotopic (exact) mass is 413 g/mol. The summed E-state index contributed by atoms with van der Waals surface area (Å²) in [7, 11) is 1.90. The van der Waals surface area contributed by atoms with Crippen LogP contribution in [0.1, 0.15) is 48.4 Å². The highest BCUT2D eigenvalue weighted by Gasteiger charge is 2.15. The third-order valence-corrected chi connectivity index (χ3v) is 5.89. The number of amides is 1. The molecule has 1 unspecified atom stereocenters. The summed E-state index contributed by atoms with van der Waals surface area (Å²) in [5.74, 6) is 1.36. The first-order valence-electron chi connectivity index (χ1n) is 11.4. The van der Waals surface area contributed by atoms with E-state index >= 15 is 0 Å². The molecule has 0 bridgehead atoms. The minimum Gasteiger partial charge on any atom is -0.345 e. The van der Waals surface area contributed by atoms with E-state index in [-0.39, 0.29) is 5.91 Å². The number of benzene rings is 3. The van der Waals surface area contributed by atoms with Gasteiger partial charge in [0.15, 0.2) is 0 Å². The second kappa shape index (κ2) is 11.5. The van der Waals surface area contributed by atoms with Crippen LogP contribution in [0, 0.1) is 5.92 Å². The van der Waals surface area contributed by atoms with Crippen LogP contribution in [0.25, 0.3) is 0 Å². The molecule has 0 fully saturated rings. The van der Waals surface area contributed by atoms with Gasteiger partial charge in [-0.3, -0.25) is 4.79 Å². The molecule has 2 heteroatoms. The van der Waals surface area contributed by atoms with Crippen molar-refractivity contribution in [3.63, 3.8) is 0 Å². The van der Waals surface area contributed by atoms with Gasteiger partial charge in [-0.25, -0.2) is 0 Å². The van der Waals surface area contributed by atoms with Gasteiger partial charge in [-0.05, 0) is 53.4 Å². The Morgan fingerprint density at radius 3 is 1.97 bits per heavy atom. The maximum Gasteiger partial charge on any atom is 0.226 e. The molecule has 3 aromatic rings. The first kappa shape index (κ1) is 22.8. The number of hydrogen-bond donors (Lipinski definition) is 0. The van der Waals surface area contributed by atoms with Crippen LogP contribution >= 0.6 is 0 Å². The van der Waals surface area contributed by atoms with Gasteiger partial charge in [0, 0.05) is 13.6 Å². The Bertz CT molecular complexity index is 916. The Morgan fingerprint density at radius 2 is 1.35 bits per heavy atom. The summed E-state index contributed by atoms with van der Waals surface area (Å²) in [5, 5.41) is 0. The molecule has 0 radical (unpaired) electrons. The average Bonchev–Trinajstić information content (AvgIpc) is 2.79. The first-order chi connectivity index (χ1) is 15.0. The highest BCUT2D eigenvalue weighted by atomic mass is 16.2. The Hall–Kier alpha value is -2.87. The maximum atomic E-state index is 12.6. The molecule has 0 aliphatic heterocycles. The van der Waals surface area contributed by atoms with Crippen LogP contribution in [0.15, 0.2) is 84.9 Å².